The second-order valence-electron chi connectivity index (χ2n) is 1.64. The molecule has 1 aliphatic heterocycles. The quantitative estimate of drug-likeness (QED) is 0.392. The summed E-state index contributed by atoms with van der Waals surface area (Å²) in [7, 11) is -17.5. The maximum absolute atomic E-state index is 12.0. The maximum atomic E-state index is 12.0. The van der Waals surface area contributed by atoms with Crippen molar-refractivity contribution in [3.63, 3.8) is 0 Å². The second-order valence-corrected chi connectivity index (χ2v) is 6.52. The SMILES string of the molecule is FP1(F)=NP(F)(F)=NP(F)(F)=N1. The number of hydrogen-bond donors (Lipinski definition) is 0. The second kappa shape index (κ2) is 2.63. The van der Waals surface area contributed by atoms with Gasteiger partial charge in [0.1, 0.15) is 0 Å². The Kier molecular flexibility index (Phi) is 2.27. The molecule has 0 amide bonds. The largest absolute Gasteiger partial charge is 0.425 e. The predicted molar refractivity (Wildman–Crippen MR) is 34.7 cm³/mol. The third-order valence-corrected chi connectivity index (χ3v) is 5.81. The molecule has 12 heavy (non-hydrogen) atoms. The summed E-state index contributed by atoms with van der Waals surface area (Å²) >= 11 is 0. The van der Waals surface area contributed by atoms with Gasteiger partial charge in [0.05, 0.1) is 0 Å². The highest BCUT2D eigenvalue weighted by Crippen LogP contribution is 2.82. The molecule has 0 aromatic heterocycles. The molecule has 0 saturated heterocycles. The van der Waals surface area contributed by atoms with Crippen molar-refractivity contribution in [2.24, 2.45) is 13.5 Å². The lowest BCUT2D eigenvalue weighted by molar-refractivity contribution is 0.677. The van der Waals surface area contributed by atoms with Crippen LogP contribution in [0.25, 0.3) is 0 Å². The Morgan fingerprint density at radius 3 is 0.833 bits per heavy atom. The standard InChI is InChI=1S/F6N3P3/c1-10(2)7-11(3,4)9-12(5,6)8-10. The van der Waals surface area contributed by atoms with Gasteiger partial charge in [0.15, 0.2) is 0 Å². The molecule has 0 bridgehead atoms. The summed E-state index contributed by atoms with van der Waals surface area (Å²) in [4.78, 5) is 0. The van der Waals surface area contributed by atoms with Crippen molar-refractivity contribution in [1.29, 1.82) is 0 Å². The van der Waals surface area contributed by atoms with Crippen LogP contribution in [-0.4, -0.2) is 0 Å². The van der Waals surface area contributed by atoms with E-state index in [0.717, 1.165) is 0 Å². The van der Waals surface area contributed by atoms with Crippen molar-refractivity contribution < 1.29 is 25.2 Å². The molecule has 1 heterocycles. The minimum absolute atomic E-state index is 1.61. The first-order valence-electron chi connectivity index (χ1n) is 2.21. The van der Waals surface area contributed by atoms with E-state index in [0.29, 0.717) is 0 Å². The van der Waals surface area contributed by atoms with E-state index < -0.39 is 23.5 Å². The normalized spacial score (nSPS) is 29.5. The summed E-state index contributed by atoms with van der Waals surface area (Å²) < 4.78 is 76.9. The van der Waals surface area contributed by atoms with Crippen LogP contribution < -0.4 is 0 Å². The zero-order chi connectivity index (χ0) is 9.62. The van der Waals surface area contributed by atoms with Crippen LogP contribution in [0.4, 0.5) is 25.2 Å². The van der Waals surface area contributed by atoms with Crippen LogP contribution in [0, 0.1) is 0 Å². The average molecular weight is 249 g/mol. The topological polar surface area (TPSA) is 37.1 Å². The molecule has 0 fully saturated rings. The van der Waals surface area contributed by atoms with Gasteiger partial charge in [-0.1, -0.05) is 0 Å². The highest BCUT2D eigenvalue weighted by atomic mass is 31.3. The van der Waals surface area contributed by atoms with Crippen molar-refractivity contribution >= 4 is 23.5 Å². The molecule has 72 valence electrons. The highest BCUT2D eigenvalue weighted by molar-refractivity contribution is 7.77. The van der Waals surface area contributed by atoms with Gasteiger partial charge in [-0.3, -0.25) is 0 Å². The Morgan fingerprint density at radius 1 is 0.500 bits per heavy atom. The Hall–Kier alpha value is 0.270. The molecule has 1 aliphatic rings. The lowest BCUT2D eigenvalue weighted by Gasteiger charge is -2.09. The van der Waals surface area contributed by atoms with Crippen molar-refractivity contribution in [2.45, 2.75) is 0 Å². The molecule has 0 aliphatic carbocycles. The zero-order valence-corrected chi connectivity index (χ0v) is 7.63. The molecule has 0 aromatic carbocycles. The van der Waals surface area contributed by atoms with Crippen LogP contribution >= 0.6 is 23.5 Å². The van der Waals surface area contributed by atoms with E-state index >= 15 is 0 Å². The molecular weight excluding hydrogens is 249 g/mol. The van der Waals surface area contributed by atoms with Gasteiger partial charge in [0, 0.05) is 0 Å². The van der Waals surface area contributed by atoms with E-state index in [1.807, 2.05) is 0 Å². The molecule has 12 heteroatoms. The summed E-state index contributed by atoms with van der Waals surface area (Å²) in [6, 6.07) is 0. The van der Waals surface area contributed by atoms with Gasteiger partial charge < -0.3 is 0 Å². The molecule has 0 N–H and O–H groups in total. The Morgan fingerprint density at radius 2 is 0.667 bits per heavy atom. The van der Waals surface area contributed by atoms with Crippen LogP contribution in [0.2, 0.25) is 0 Å². The van der Waals surface area contributed by atoms with Crippen LogP contribution in [-0.2, 0) is 0 Å². The lowest BCUT2D eigenvalue weighted by atomic mass is 13.8. The minimum atomic E-state index is -5.82. The summed E-state index contributed by atoms with van der Waals surface area (Å²) in [5.74, 6) is 0. The van der Waals surface area contributed by atoms with Gasteiger partial charge in [0.25, 0.3) is 0 Å². The number of rotatable bonds is 0. The summed E-state index contributed by atoms with van der Waals surface area (Å²) in [5, 5.41) is 0. The Balaban J connectivity index is 3.46. The van der Waals surface area contributed by atoms with Gasteiger partial charge in [-0.2, -0.15) is 0 Å². The summed E-state index contributed by atoms with van der Waals surface area (Å²) in [6.45, 7) is 0. The first-order valence-corrected chi connectivity index (χ1v) is 6.64. The molecular formula is F6N3P3. The van der Waals surface area contributed by atoms with Crippen LogP contribution in [0.3, 0.4) is 0 Å². The van der Waals surface area contributed by atoms with E-state index in [4.69, 9.17) is 0 Å². The molecule has 0 spiro atoms. The first kappa shape index (κ1) is 10.4. The number of nitrogens with zero attached hydrogens (tertiary/aromatic N) is 3. The van der Waals surface area contributed by atoms with E-state index in [-0.39, 0.29) is 0 Å². The van der Waals surface area contributed by atoms with Gasteiger partial charge in [-0.15, -0.1) is 38.7 Å². The minimum Gasteiger partial charge on any atom is -0.149 e. The van der Waals surface area contributed by atoms with Gasteiger partial charge in [0.2, 0.25) is 0 Å². The van der Waals surface area contributed by atoms with E-state index in [9.17, 15) is 25.2 Å². The summed E-state index contributed by atoms with van der Waals surface area (Å²) in [5.41, 5.74) is 0. The third kappa shape index (κ3) is 2.64. The molecule has 1 rings (SSSR count). The van der Waals surface area contributed by atoms with Crippen molar-refractivity contribution in [1.82, 2.24) is 0 Å². The third-order valence-electron chi connectivity index (χ3n) is 0.646. The fraction of sp³-hybridized carbons (Fsp3) is 0. The molecule has 0 radical (unpaired) electrons. The van der Waals surface area contributed by atoms with Crippen molar-refractivity contribution in [2.75, 3.05) is 0 Å². The predicted octanol–water partition coefficient (Wildman–Crippen LogP) is 5.66. The van der Waals surface area contributed by atoms with E-state index in [1.54, 1.807) is 13.5 Å². The van der Waals surface area contributed by atoms with Gasteiger partial charge >= 0.3 is 23.5 Å². The van der Waals surface area contributed by atoms with Crippen LogP contribution in [0.1, 0.15) is 0 Å². The smallest absolute Gasteiger partial charge is 0.149 e. The van der Waals surface area contributed by atoms with E-state index in [1.165, 1.54) is 0 Å². The Bertz CT molecular complexity index is 275. The molecule has 0 atom stereocenters. The van der Waals surface area contributed by atoms with Crippen LogP contribution in [0.5, 0.6) is 0 Å². The monoisotopic (exact) mass is 249 g/mol. The number of halogens is 6. The lowest BCUT2D eigenvalue weighted by Crippen LogP contribution is -1.67. The van der Waals surface area contributed by atoms with Crippen molar-refractivity contribution in [3.05, 3.63) is 0 Å². The summed E-state index contributed by atoms with van der Waals surface area (Å²) in [6.07, 6.45) is 0. The van der Waals surface area contributed by atoms with Crippen molar-refractivity contribution in [3.8, 4) is 0 Å². The van der Waals surface area contributed by atoms with E-state index in [2.05, 4.69) is 0 Å². The molecule has 0 aromatic rings. The molecule has 0 unspecified atom stereocenters. The Labute approximate surface area is 63.2 Å². The highest BCUT2D eigenvalue weighted by Gasteiger charge is 2.39. The fourth-order valence-electron chi connectivity index (χ4n) is 0.442. The van der Waals surface area contributed by atoms with Gasteiger partial charge in [-0.05, 0) is 0 Å². The number of hydrogen-bond acceptors (Lipinski definition) is 3. The maximum Gasteiger partial charge on any atom is 0.425 e. The van der Waals surface area contributed by atoms with Crippen LogP contribution in [0.15, 0.2) is 13.5 Å². The first-order chi connectivity index (χ1) is 5.12. The fourth-order valence-corrected chi connectivity index (χ4v) is 4.94. The molecule has 3 nitrogen and oxygen atoms in total. The average Bonchev–Trinajstić information content (AvgIpc) is 1.44. The van der Waals surface area contributed by atoms with Gasteiger partial charge in [-0.25, -0.2) is 0 Å². The zero-order valence-electron chi connectivity index (χ0n) is 4.95. The molecule has 0 saturated carbocycles.